The second kappa shape index (κ2) is 6.49. The Labute approximate surface area is 108 Å². The molecule has 1 fully saturated rings. The fourth-order valence-electron chi connectivity index (χ4n) is 2.21. The molecule has 6 nitrogen and oxygen atoms in total. The number of sulfonamides is 1. The van der Waals surface area contributed by atoms with Crippen molar-refractivity contribution in [1.29, 1.82) is 0 Å². The molecule has 0 aromatic heterocycles. The highest BCUT2D eigenvalue weighted by Gasteiger charge is 2.32. The lowest BCUT2D eigenvalue weighted by Gasteiger charge is -2.26. The van der Waals surface area contributed by atoms with Gasteiger partial charge in [-0.3, -0.25) is 4.79 Å². The van der Waals surface area contributed by atoms with Crippen LogP contribution in [-0.2, 0) is 14.8 Å². The predicted octanol–water partition coefficient (Wildman–Crippen LogP) is -0.312. The SMILES string of the molecule is CCCS(=O)(=O)NC(C)C(=O)N1CCC[C@@H]1CO. The lowest BCUT2D eigenvalue weighted by Crippen LogP contribution is -2.49. The number of hydrogen-bond acceptors (Lipinski definition) is 4. The van der Waals surface area contributed by atoms with Crippen LogP contribution < -0.4 is 4.72 Å². The minimum Gasteiger partial charge on any atom is -0.394 e. The maximum atomic E-state index is 12.1. The van der Waals surface area contributed by atoms with Crippen LogP contribution in [0.15, 0.2) is 0 Å². The molecule has 1 unspecified atom stereocenters. The van der Waals surface area contributed by atoms with E-state index in [-0.39, 0.29) is 24.3 Å². The van der Waals surface area contributed by atoms with Gasteiger partial charge in [-0.1, -0.05) is 6.92 Å². The molecule has 1 aliphatic heterocycles. The van der Waals surface area contributed by atoms with E-state index < -0.39 is 16.1 Å². The van der Waals surface area contributed by atoms with E-state index >= 15 is 0 Å². The van der Waals surface area contributed by atoms with Crippen molar-refractivity contribution in [3.63, 3.8) is 0 Å². The van der Waals surface area contributed by atoms with Crippen molar-refractivity contribution >= 4 is 15.9 Å². The molecular formula is C11H22N2O4S. The van der Waals surface area contributed by atoms with E-state index in [0.29, 0.717) is 13.0 Å². The summed E-state index contributed by atoms with van der Waals surface area (Å²) in [5.74, 6) is -0.236. The number of aliphatic hydroxyl groups is 1. The molecule has 0 radical (unpaired) electrons. The van der Waals surface area contributed by atoms with Crippen molar-refractivity contribution < 1.29 is 18.3 Å². The molecule has 106 valence electrons. The van der Waals surface area contributed by atoms with Gasteiger partial charge in [0, 0.05) is 6.54 Å². The summed E-state index contributed by atoms with van der Waals surface area (Å²) >= 11 is 0. The highest BCUT2D eigenvalue weighted by atomic mass is 32.2. The number of aliphatic hydroxyl groups excluding tert-OH is 1. The largest absolute Gasteiger partial charge is 0.394 e. The van der Waals surface area contributed by atoms with Gasteiger partial charge in [-0.05, 0) is 26.2 Å². The summed E-state index contributed by atoms with van der Waals surface area (Å²) in [6.07, 6.45) is 2.14. The predicted molar refractivity (Wildman–Crippen MR) is 68.5 cm³/mol. The highest BCUT2D eigenvalue weighted by Crippen LogP contribution is 2.17. The Morgan fingerprint density at radius 1 is 1.56 bits per heavy atom. The molecule has 1 aliphatic rings. The molecule has 1 saturated heterocycles. The molecule has 0 aliphatic carbocycles. The van der Waals surface area contributed by atoms with Crippen molar-refractivity contribution in [1.82, 2.24) is 9.62 Å². The zero-order valence-electron chi connectivity index (χ0n) is 10.9. The summed E-state index contributed by atoms with van der Waals surface area (Å²) < 4.78 is 25.5. The van der Waals surface area contributed by atoms with Crippen LogP contribution in [0.25, 0.3) is 0 Å². The number of amides is 1. The van der Waals surface area contributed by atoms with Crippen LogP contribution >= 0.6 is 0 Å². The normalized spacial score (nSPS) is 22.2. The lowest BCUT2D eigenvalue weighted by molar-refractivity contribution is -0.134. The molecular weight excluding hydrogens is 256 g/mol. The topological polar surface area (TPSA) is 86.7 Å². The summed E-state index contributed by atoms with van der Waals surface area (Å²) in [5.41, 5.74) is 0. The third-order valence-corrected chi connectivity index (χ3v) is 4.73. The summed E-state index contributed by atoms with van der Waals surface area (Å²) in [5, 5.41) is 9.15. The van der Waals surface area contributed by atoms with Crippen molar-refractivity contribution in [3.05, 3.63) is 0 Å². The number of carbonyl (C=O) groups is 1. The fraction of sp³-hybridized carbons (Fsp3) is 0.909. The van der Waals surface area contributed by atoms with E-state index in [0.717, 1.165) is 12.8 Å². The minimum absolute atomic E-state index is 0.0219. The first kappa shape index (κ1) is 15.4. The van der Waals surface area contributed by atoms with E-state index in [1.165, 1.54) is 0 Å². The minimum atomic E-state index is -3.39. The molecule has 18 heavy (non-hydrogen) atoms. The number of likely N-dealkylation sites (tertiary alicyclic amines) is 1. The van der Waals surface area contributed by atoms with Crippen LogP contribution in [0.3, 0.4) is 0 Å². The number of nitrogens with one attached hydrogen (secondary N) is 1. The third kappa shape index (κ3) is 3.93. The van der Waals surface area contributed by atoms with Gasteiger partial charge in [0.25, 0.3) is 0 Å². The number of rotatable bonds is 6. The molecule has 1 heterocycles. The van der Waals surface area contributed by atoms with E-state index in [1.54, 1.807) is 18.7 Å². The van der Waals surface area contributed by atoms with E-state index in [1.807, 2.05) is 0 Å². The molecule has 0 bridgehead atoms. The van der Waals surface area contributed by atoms with Gasteiger partial charge in [-0.2, -0.15) is 0 Å². The van der Waals surface area contributed by atoms with Crippen molar-refractivity contribution in [2.24, 2.45) is 0 Å². The lowest BCUT2D eigenvalue weighted by atomic mass is 10.2. The van der Waals surface area contributed by atoms with Gasteiger partial charge in [0.1, 0.15) is 0 Å². The van der Waals surface area contributed by atoms with E-state index in [9.17, 15) is 13.2 Å². The monoisotopic (exact) mass is 278 g/mol. The molecule has 0 aromatic carbocycles. The second-order valence-corrected chi connectivity index (χ2v) is 6.54. The van der Waals surface area contributed by atoms with Crippen LogP contribution in [0.2, 0.25) is 0 Å². The number of nitrogens with zero attached hydrogens (tertiary/aromatic N) is 1. The molecule has 1 amide bonds. The van der Waals surface area contributed by atoms with Crippen LogP contribution in [0, 0.1) is 0 Å². The highest BCUT2D eigenvalue weighted by molar-refractivity contribution is 7.89. The quantitative estimate of drug-likeness (QED) is 0.697. The Bertz CT molecular complexity index is 383. The zero-order chi connectivity index (χ0) is 13.8. The number of hydrogen-bond donors (Lipinski definition) is 2. The summed E-state index contributed by atoms with van der Waals surface area (Å²) in [7, 11) is -3.39. The first-order valence-corrected chi connectivity index (χ1v) is 7.98. The van der Waals surface area contributed by atoms with Gasteiger partial charge in [0.2, 0.25) is 15.9 Å². The molecule has 0 aromatic rings. The van der Waals surface area contributed by atoms with Gasteiger partial charge in [0.05, 0.1) is 24.4 Å². The third-order valence-electron chi connectivity index (χ3n) is 3.07. The first-order valence-electron chi connectivity index (χ1n) is 6.32. The Balaban J connectivity index is 2.61. The Kier molecular flexibility index (Phi) is 5.55. The van der Waals surface area contributed by atoms with Crippen molar-refractivity contribution in [3.8, 4) is 0 Å². The Morgan fingerprint density at radius 3 is 2.78 bits per heavy atom. The maximum absolute atomic E-state index is 12.1. The van der Waals surface area contributed by atoms with E-state index in [2.05, 4.69) is 4.72 Å². The van der Waals surface area contributed by atoms with Crippen LogP contribution in [0.5, 0.6) is 0 Å². The van der Waals surface area contributed by atoms with Gasteiger partial charge in [-0.25, -0.2) is 13.1 Å². The number of carbonyl (C=O) groups excluding carboxylic acids is 1. The van der Waals surface area contributed by atoms with Gasteiger partial charge in [-0.15, -0.1) is 0 Å². The van der Waals surface area contributed by atoms with E-state index in [4.69, 9.17) is 5.11 Å². The van der Waals surface area contributed by atoms with Crippen molar-refractivity contribution in [2.75, 3.05) is 18.9 Å². The Morgan fingerprint density at radius 2 is 2.22 bits per heavy atom. The average molecular weight is 278 g/mol. The van der Waals surface area contributed by atoms with Crippen LogP contribution in [-0.4, -0.2) is 55.3 Å². The molecule has 0 saturated carbocycles. The summed E-state index contributed by atoms with van der Waals surface area (Å²) in [6, 6.07) is -0.940. The van der Waals surface area contributed by atoms with Gasteiger partial charge < -0.3 is 10.0 Å². The standard InChI is InChI=1S/C11H22N2O4S/c1-3-7-18(16,17)12-9(2)11(15)13-6-4-5-10(13)8-14/h9-10,12,14H,3-8H2,1-2H3/t9?,10-/m1/s1. The molecule has 7 heteroatoms. The van der Waals surface area contributed by atoms with Crippen LogP contribution in [0.4, 0.5) is 0 Å². The fourth-order valence-corrected chi connectivity index (χ4v) is 3.51. The molecule has 1 rings (SSSR count). The van der Waals surface area contributed by atoms with Gasteiger partial charge >= 0.3 is 0 Å². The molecule has 2 N–H and O–H groups in total. The van der Waals surface area contributed by atoms with Crippen LogP contribution in [0.1, 0.15) is 33.1 Å². The molecule has 2 atom stereocenters. The first-order chi connectivity index (χ1) is 8.41. The van der Waals surface area contributed by atoms with Crippen molar-refractivity contribution in [2.45, 2.75) is 45.2 Å². The summed E-state index contributed by atoms with van der Waals surface area (Å²) in [4.78, 5) is 13.7. The zero-order valence-corrected chi connectivity index (χ0v) is 11.7. The maximum Gasteiger partial charge on any atom is 0.240 e. The molecule has 0 spiro atoms. The average Bonchev–Trinajstić information content (AvgIpc) is 2.74. The van der Waals surface area contributed by atoms with Gasteiger partial charge in [0.15, 0.2) is 0 Å². The second-order valence-electron chi connectivity index (χ2n) is 4.67. The summed E-state index contributed by atoms with van der Waals surface area (Å²) in [6.45, 7) is 3.83. The Hall–Kier alpha value is -0.660. The smallest absolute Gasteiger partial charge is 0.240 e.